The average molecular weight is 482 g/mol. The van der Waals surface area contributed by atoms with E-state index in [0.29, 0.717) is 12.4 Å². The SMILES string of the molecule is COC(C)c1cc(COc2ccccc2CC(=O)OC(C)(C)C)cc(B2OC(C)(C)C(C)(C)O2)c1. The minimum Gasteiger partial charge on any atom is -0.489 e. The summed E-state index contributed by atoms with van der Waals surface area (Å²) in [6.45, 7) is 16.1. The van der Waals surface area contributed by atoms with Crippen LogP contribution in [0.25, 0.3) is 0 Å². The number of carbonyl (C=O) groups excluding carboxylic acids is 1. The Morgan fingerprint density at radius 3 is 2.26 bits per heavy atom. The molecule has 0 saturated carbocycles. The van der Waals surface area contributed by atoms with Gasteiger partial charge in [-0.25, -0.2) is 0 Å². The van der Waals surface area contributed by atoms with Crippen LogP contribution in [0.4, 0.5) is 0 Å². The zero-order valence-corrected chi connectivity index (χ0v) is 22.6. The molecule has 2 aromatic rings. The van der Waals surface area contributed by atoms with Crippen LogP contribution in [0, 0.1) is 0 Å². The molecule has 1 aliphatic rings. The number of para-hydroxylation sites is 1. The van der Waals surface area contributed by atoms with E-state index in [1.54, 1.807) is 7.11 Å². The molecule has 0 aliphatic carbocycles. The third kappa shape index (κ3) is 6.87. The van der Waals surface area contributed by atoms with Gasteiger partial charge in [-0.2, -0.15) is 0 Å². The molecular weight excluding hydrogens is 443 g/mol. The molecule has 7 heteroatoms. The van der Waals surface area contributed by atoms with Gasteiger partial charge in [0.15, 0.2) is 0 Å². The predicted octanol–water partition coefficient (Wildman–Crippen LogP) is 5.16. The Kier molecular flexibility index (Phi) is 8.04. The number of rotatable bonds is 8. The zero-order valence-electron chi connectivity index (χ0n) is 22.6. The second kappa shape index (κ2) is 10.3. The fourth-order valence-electron chi connectivity index (χ4n) is 3.80. The van der Waals surface area contributed by atoms with Gasteiger partial charge in [-0.3, -0.25) is 4.79 Å². The number of hydrogen-bond donors (Lipinski definition) is 0. The molecule has 1 aliphatic heterocycles. The second-order valence-corrected chi connectivity index (χ2v) is 11.1. The molecule has 0 aromatic heterocycles. The first kappa shape index (κ1) is 27.2. The molecule has 1 saturated heterocycles. The van der Waals surface area contributed by atoms with Gasteiger partial charge in [-0.05, 0) is 84.1 Å². The Balaban J connectivity index is 1.82. The van der Waals surface area contributed by atoms with Crippen molar-refractivity contribution in [2.24, 2.45) is 0 Å². The standard InChI is InChI=1S/C28H39BO6/c1-19(31-9)22-14-20(15-23(16-22)29-34-27(5,6)28(7,8)35-29)18-32-24-13-11-10-12-21(24)17-25(30)33-26(2,3)4/h10-16,19H,17-18H2,1-9H3. The molecule has 6 nitrogen and oxygen atoms in total. The lowest BCUT2D eigenvalue weighted by atomic mass is 9.77. The van der Waals surface area contributed by atoms with E-state index >= 15 is 0 Å². The summed E-state index contributed by atoms with van der Waals surface area (Å²) in [4.78, 5) is 12.4. The largest absolute Gasteiger partial charge is 0.494 e. The van der Waals surface area contributed by atoms with Crippen molar-refractivity contribution in [3.05, 3.63) is 59.2 Å². The van der Waals surface area contributed by atoms with Gasteiger partial charge in [0.05, 0.1) is 23.7 Å². The zero-order chi connectivity index (χ0) is 26.0. The Hall–Kier alpha value is -2.35. The van der Waals surface area contributed by atoms with Crippen LogP contribution in [0.5, 0.6) is 5.75 Å². The summed E-state index contributed by atoms with van der Waals surface area (Å²) in [7, 11) is 1.21. The number of carbonyl (C=O) groups is 1. The Bertz CT molecular complexity index is 1020. The highest BCUT2D eigenvalue weighted by molar-refractivity contribution is 6.62. The van der Waals surface area contributed by atoms with Gasteiger partial charge in [-0.15, -0.1) is 0 Å². The minimum atomic E-state index is -0.532. The summed E-state index contributed by atoms with van der Waals surface area (Å²) in [5, 5.41) is 0. The summed E-state index contributed by atoms with van der Waals surface area (Å²) in [6.07, 6.45) is 0.0449. The van der Waals surface area contributed by atoms with Gasteiger partial charge >= 0.3 is 13.1 Å². The maximum absolute atomic E-state index is 12.4. The van der Waals surface area contributed by atoms with Gasteiger partial charge in [0.25, 0.3) is 0 Å². The fourth-order valence-corrected chi connectivity index (χ4v) is 3.80. The summed E-state index contributed by atoms with van der Waals surface area (Å²) < 4.78 is 29.8. The molecule has 1 atom stereocenters. The quantitative estimate of drug-likeness (QED) is 0.383. The maximum atomic E-state index is 12.4. The van der Waals surface area contributed by atoms with Crippen molar-refractivity contribution in [1.29, 1.82) is 0 Å². The summed E-state index contributed by atoms with van der Waals surface area (Å²) in [5.74, 6) is 0.369. The van der Waals surface area contributed by atoms with Crippen LogP contribution in [0.3, 0.4) is 0 Å². The van der Waals surface area contributed by atoms with Crippen molar-refractivity contribution < 1.29 is 28.3 Å². The lowest BCUT2D eigenvalue weighted by Gasteiger charge is -2.32. The topological polar surface area (TPSA) is 63.2 Å². The van der Waals surface area contributed by atoms with E-state index in [1.165, 1.54) is 0 Å². The monoisotopic (exact) mass is 482 g/mol. The van der Waals surface area contributed by atoms with Gasteiger partial charge in [-0.1, -0.05) is 30.3 Å². The lowest BCUT2D eigenvalue weighted by molar-refractivity contribution is -0.153. The Labute approximate surface area is 210 Å². The normalized spacial score (nSPS) is 17.8. The Morgan fingerprint density at radius 2 is 1.66 bits per heavy atom. The molecule has 35 heavy (non-hydrogen) atoms. The molecule has 1 unspecified atom stereocenters. The van der Waals surface area contributed by atoms with Gasteiger partial charge in [0, 0.05) is 12.7 Å². The van der Waals surface area contributed by atoms with Crippen LogP contribution in [0.2, 0.25) is 0 Å². The summed E-state index contributed by atoms with van der Waals surface area (Å²) in [5.41, 5.74) is 2.29. The smallest absolute Gasteiger partial charge is 0.489 e. The van der Waals surface area contributed by atoms with Crippen LogP contribution in [-0.2, 0) is 36.6 Å². The molecule has 1 fully saturated rings. The molecule has 3 rings (SSSR count). The van der Waals surface area contributed by atoms with E-state index in [9.17, 15) is 4.79 Å². The van der Waals surface area contributed by atoms with Crippen LogP contribution in [0.1, 0.15) is 78.2 Å². The van der Waals surface area contributed by atoms with Gasteiger partial charge < -0.3 is 23.5 Å². The van der Waals surface area contributed by atoms with E-state index in [2.05, 4.69) is 12.1 Å². The molecule has 0 radical (unpaired) electrons. The highest BCUT2D eigenvalue weighted by atomic mass is 16.7. The van der Waals surface area contributed by atoms with Crippen LogP contribution in [-0.4, -0.2) is 37.0 Å². The van der Waals surface area contributed by atoms with E-state index < -0.39 is 23.9 Å². The predicted molar refractivity (Wildman–Crippen MR) is 138 cm³/mol. The number of hydrogen-bond acceptors (Lipinski definition) is 6. The summed E-state index contributed by atoms with van der Waals surface area (Å²) in [6, 6.07) is 13.7. The number of esters is 1. The first-order valence-corrected chi connectivity index (χ1v) is 12.2. The third-order valence-corrected chi connectivity index (χ3v) is 6.51. The second-order valence-electron chi connectivity index (χ2n) is 11.1. The first-order valence-electron chi connectivity index (χ1n) is 12.2. The van der Waals surface area contributed by atoms with Crippen molar-refractivity contribution in [2.75, 3.05) is 7.11 Å². The molecule has 0 N–H and O–H groups in total. The van der Waals surface area contributed by atoms with E-state index in [-0.39, 0.29) is 18.5 Å². The highest BCUT2D eigenvalue weighted by Gasteiger charge is 2.51. The first-order chi connectivity index (χ1) is 16.2. The van der Waals surface area contributed by atoms with E-state index in [0.717, 1.165) is 22.2 Å². The molecular formula is C28H39BO6. The van der Waals surface area contributed by atoms with Crippen molar-refractivity contribution in [2.45, 2.75) is 91.3 Å². The third-order valence-electron chi connectivity index (χ3n) is 6.51. The number of methoxy groups -OCH3 is 1. The molecule has 0 amide bonds. The highest BCUT2D eigenvalue weighted by Crippen LogP contribution is 2.36. The van der Waals surface area contributed by atoms with Crippen LogP contribution in [0.15, 0.2) is 42.5 Å². The van der Waals surface area contributed by atoms with Crippen LogP contribution >= 0.6 is 0 Å². The summed E-state index contributed by atoms with van der Waals surface area (Å²) >= 11 is 0. The van der Waals surface area contributed by atoms with Crippen molar-refractivity contribution in [3.63, 3.8) is 0 Å². The van der Waals surface area contributed by atoms with E-state index in [1.807, 2.05) is 85.7 Å². The lowest BCUT2D eigenvalue weighted by Crippen LogP contribution is -2.41. The number of benzene rings is 2. The van der Waals surface area contributed by atoms with Gasteiger partial charge in [0.2, 0.25) is 0 Å². The van der Waals surface area contributed by atoms with Crippen LogP contribution < -0.4 is 10.2 Å². The molecule has 1 heterocycles. The molecule has 2 aromatic carbocycles. The van der Waals surface area contributed by atoms with Gasteiger partial charge in [0.1, 0.15) is 18.0 Å². The maximum Gasteiger partial charge on any atom is 0.494 e. The molecule has 0 bridgehead atoms. The average Bonchev–Trinajstić information content (AvgIpc) is 2.98. The van der Waals surface area contributed by atoms with E-state index in [4.69, 9.17) is 23.5 Å². The van der Waals surface area contributed by atoms with Crippen molar-refractivity contribution >= 4 is 18.6 Å². The fraction of sp³-hybridized carbons (Fsp3) is 0.536. The number of ether oxygens (including phenoxy) is 3. The van der Waals surface area contributed by atoms with Crippen molar-refractivity contribution in [3.8, 4) is 5.75 Å². The van der Waals surface area contributed by atoms with Crippen molar-refractivity contribution in [1.82, 2.24) is 0 Å². The molecule has 0 spiro atoms. The molecule has 190 valence electrons. The minimum absolute atomic E-state index is 0.101. The Morgan fingerprint density at radius 1 is 1.03 bits per heavy atom.